The molecule has 0 aliphatic carbocycles. The maximum atomic E-state index is 12.4. The number of hydrogen-bond donors (Lipinski definition) is 0. The van der Waals surface area contributed by atoms with E-state index in [4.69, 9.17) is 0 Å². The average Bonchev–Trinajstić information content (AvgIpc) is 2.75. The maximum Gasteiger partial charge on any atom is 0.285 e. The summed E-state index contributed by atoms with van der Waals surface area (Å²) in [4.78, 5) is 11.4. The minimum absolute atomic E-state index is 0.191. The van der Waals surface area contributed by atoms with Gasteiger partial charge in [0.25, 0.3) is 15.7 Å². The Bertz CT molecular complexity index is 924. The topological polar surface area (TPSA) is 94.6 Å². The smallest absolute Gasteiger partial charge is 0.285 e. The zero-order valence-electron chi connectivity index (χ0n) is 13.2. The van der Waals surface area contributed by atoms with Crippen LogP contribution in [0.3, 0.4) is 0 Å². The highest BCUT2D eigenvalue weighted by molar-refractivity contribution is 7.90. The Labute approximate surface area is 138 Å². The van der Waals surface area contributed by atoms with Gasteiger partial charge in [-0.15, -0.1) is 15.7 Å². The Kier molecular flexibility index (Phi) is 4.71. The van der Waals surface area contributed by atoms with Gasteiger partial charge in [-0.2, -0.15) is 8.42 Å². The van der Waals surface area contributed by atoms with Gasteiger partial charge in [0.1, 0.15) is 0 Å². The molecule has 0 unspecified atom stereocenters. The van der Waals surface area contributed by atoms with Crippen LogP contribution in [0.4, 0.5) is 5.69 Å². The Morgan fingerprint density at radius 3 is 2.52 bits per heavy atom. The highest BCUT2D eigenvalue weighted by Crippen LogP contribution is 2.22. The summed E-state index contributed by atoms with van der Waals surface area (Å²) in [5, 5.41) is 10.8. The molecule has 23 heavy (non-hydrogen) atoms. The van der Waals surface area contributed by atoms with E-state index in [1.165, 1.54) is 29.5 Å². The van der Waals surface area contributed by atoms with Gasteiger partial charge in [-0.1, -0.05) is 19.9 Å². The zero-order valence-corrected chi connectivity index (χ0v) is 14.8. The molecule has 2 aromatic rings. The summed E-state index contributed by atoms with van der Waals surface area (Å²) in [5.74, 6) is 0.260. The van der Waals surface area contributed by atoms with Crippen LogP contribution in [0.25, 0.3) is 0 Å². The van der Waals surface area contributed by atoms with Crippen molar-refractivity contribution in [3.8, 4) is 0 Å². The first-order valence-corrected chi connectivity index (χ1v) is 9.11. The highest BCUT2D eigenvalue weighted by atomic mass is 32.2. The van der Waals surface area contributed by atoms with Crippen LogP contribution in [0.2, 0.25) is 0 Å². The van der Waals surface area contributed by atoms with Crippen LogP contribution in [0, 0.1) is 17.0 Å². The standard InChI is InChI=1S/C14H17N3O4S2/c1-9(2)13-10(3)16(4)14(22-13)15-23(20,21)12-7-5-6-11(8-12)17(18)19/h5-9H,1-4H3/b15-14-. The molecule has 1 aromatic heterocycles. The van der Waals surface area contributed by atoms with E-state index in [1.54, 1.807) is 11.6 Å². The van der Waals surface area contributed by atoms with E-state index in [0.717, 1.165) is 16.6 Å². The number of non-ortho nitro benzene ring substituents is 1. The van der Waals surface area contributed by atoms with E-state index >= 15 is 0 Å². The van der Waals surface area contributed by atoms with Crippen molar-refractivity contribution in [1.82, 2.24) is 4.57 Å². The molecule has 0 aliphatic heterocycles. The van der Waals surface area contributed by atoms with Gasteiger partial charge in [0.2, 0.25) is 4.80 Å². The van der Waals surface area contributed by atoms with Gasteiger partial charge in [-0.25, -0.2) is 0 Å². The summed E-state index contributed by atoms with van der Waals surface area (Å²) in [6.07, 6.45) is 0. The predicted octanol–water partition coefficient (Wildman–Crippen LogP) is 2.72. The largest absolute Gasteiger partial charge is 0.323 e. The number of nitro benzene ring substituents is 1. The van der Waals surface area contributed by atoms with Crippen LogP contribution in [0.1, 0.15) is 30.3 Å². The van der Waals surface area contributed by atoms with Gasteiger partial charge in [0.05, 0.1) is 9.82 Å². The van der Waals surface area contributed by atoms with Crippen molar-refractivity contribution in [2.24, 2.45) is 11.4 Å². The summed E-state index contributed by atoms with van der Waals surface area (Å²) < 4.78 is 30.4. The molecule has 124 valence electrons. The third-order valence-electron chi connectivity index (χ3n) is 3.40. The Balaban J connectivity index is 2.60. The fraction of sp³-hybridized carbons (Fsp3) is 0.357. The van der Waals surface area contributed by atoms with Crippen molar-refractivity contribution in [3.63, 3.8) is 0 Å². The van der Waals surface area contributed by atoms with Gasteiger partial charge in [-0.05, 0) is 18.9 Å². The van der Waals surface area contributed by atoms with Gasteiger partial charge in [0.15, 0.2) is 0 Å². The van der Waals surface area contributed by atoms with Gasteiger partial charge in [0, 0.05) is 29.8 Å². The number of rotatable bonds is 4. The molecular formula is C14H17N3O4S2. The van der Waals surface area contributed by atoms with E-state index in [0.29, 0.717) is 4.80 Å². The molecule has 0 N–H and O–H groups in total. The molecule has 9 heteroatoms. The third-order valence-corrected chi connectivity index (χ3v) is 6.31. The molecule has 0 saturated carbocycles. The van der Waals surface area contributed by atoms with Crippen molar-refractivity contribution in [3.05, 3.63) is 49.8 Å². The van der Waals surface area contributed by atoms with Crippen LogP contribution in [0.5, 0.6) is 0 Å². The molecule has 1 aromatic carbocycles. The highest BCUT2D eigenvalue weighted by Gasteiger charge is 2.18. The number of benzene rings is 1. The second-order valence-electron chi connectivity index (χ2n) is 5.37. The van der Waals surface area contributed by atoms with E-state index in [-0.39, 0.29) is 16.5 Å². The molecule has 0 aliphatic rings. The lowest BCUT2D eigenvalue weighted by Crippen LogP contribution is -2.14. The molecule has 1 heterocycles. The second kappa shape index (κ2) is 6.25. The Morgan fingerprint density at radius 1 is 1.35 bits per heavy atom. The molecule has 0 spiro atoms. The summed E-state index contributed by atoms with van der Waals surface area (Å²) >= 11 is 1.31. The fourth-order valence-electron chi connectivity index (χ4n) is 2.08. The molecule has 0 saturated heterocycles. The molecule has 0 amide bonds. The lowest BCUT2D eigenvalue weighted by Gasteiger charge is -2.02. The van der Waals surface area contributed by atoms with Crippen LogP contribution in [0.15, 0.2) is 33.6 Å². The predicted molar refractivity (Wildman–Crippen MR) is 88.0 cm³/mol. The lowest BCUT2D eigenvalue weighted by atomic mass is 10.1. The van der Waals surface area contributed by atoms with Gasteiger partial charge >= 0.3 is 0 Å². The molecule has 0 radical (unpaired) electrons. The monoisotopic (exact) mass is 355 g/mol. The van der Waals surface area contributed by atoms with Crippen LogP contribution >= 0.6 is 11.3 Å². The van der Waals surface area contributed by atoms with E-state index in [1.807, 2.05) is 20.8 Å². The molecule has 7 nitrogen and oxygen atoms in total. The Morgan fingerprint density at radius 2 is 2.00 bits per heavy atom. The summed E-state index contributed by atoms with van der Waals surface area (Å²) in [7, 11) is -2.26. The molecular weight excluding hydrogens is 338 g/mol. The summed E-state index contributed by atoms with van der Waals surface area (Å²) in [6, 6.07) is 4.89. The number of nitrogens with zero attached hydrogens (tertiary/aromatic N) is 3. The van der Waals surface area contributed by atoms with Crippen molar-refractivity contribution >= 4 is 27.0 Å². The Hall–Kier alpha value is -2.00. The van der Waals surface area contributed by atoms with Crippen molar-refractivity contribution in [2.75, 3.05) is 0 Å². The first-order valence-electron chi connectivity index (χ1n) is 6.85. The molecule has 0 atom stereocenters. The van der Waals surface area contributed by atoms with Gasteiger partial charge in [-0.3, -0.25) is 10.1 Å². The number of thiazole rings is 1. The first kappa shape index (κ1) is 17.4. The number of nitro groups is 1. The maximum absolute atomic E-state index is 12.4. The lowest BCUT2D eigenvalue weighted by molar-refractivity contribution is -0.385. The molecule has 0 fully saturated rings. The third kappa shape index (κ3) is 3.50. The van der Waals surface area contributed by atoms with Crippen LogP contribution in [-0.4, -0.2) is 17.9 Å². The SMILES string of the molecule is Cc1c(C(C)C)s/c(=N\S(=O)(=O)c2cccc([N+](=O)[O-])c2)n1C. The van der Waals surface area contributed by atoms with Crippen LogP contribution in [-0.2, 0) is 17.1 Å². The summed E-state index contributed by atoms with van der Waals surface area (Å²) in [6.45, 7) is 5.96. The molecule has 0 bridgehead atoms. The quantitative estimate of drug-likeness (QED) is 0.622. The number of hydrogen-bond acceptors (Lipinski definition) is 5. The van der Waals surface area contributed by atoms with Crippen molar-refractivity contribution in [1.29, 1.82) is 0 Å². The van der Waals surface area contributed by atoms with Gasteiger partial charge < -0.3 is 4.57 Å². The summed E-state index contributed by atoms with van der Waals surface area (Å²) in [5.41, 5.74) is 0.675. The fourth-order valence-corrected chi connectivity index (χ4v) is 4.47. The van der Waals surface area contributed by atoms with Crippen molar-refractivity contribution < 1.29 is 13.3 Å². The minimum Gasteiger partial charge on any atom is -0.323 e. The molecule has 2 rings (SSSR count). The average molecular weight is 355 g/mol. The zero-order chi connectivity index (χ0) is 17.4. The normalized spacial score (nSPS) is 12.8. The number of sulfonamides is 1. The van der Waals surface area contributed by atoms with E-state index in [2.05, 4.69) is 4.40 Å². The first-order chi connectivity index (χ1) is 10.6. The van der Waals surface area contributed by atoms with Crippen molar-refractivity contribution in [2.45, 2.75) is 31.6 Å². The van der Waals surface area contributed by atoms with Crippen LogP contribution < -0.4 is 4.80 Å². The minimum atomic E-state index is -4.01. The second-order valence-corrected chi connectivity index (χ2v) is 7.98. The van der Waals surface area contributed by atoms with E-state index in [9.17, 15) is 18.5 Å². The van der Waals surface area contributed by atoms with E-state index < -0.39 is 14.9 Å². The number of aromatic nitrogens is 1.